The van der Waals surface area contributed by atoms with Crippen molar-refractivity contribution in [2.75, 3.05) is 12.4 Å². The quantitative estimate of drug-likeness (QED) is 0.788. The van der Waals surface area contributed by atoms with Crippen LogP contribution in [-0.4, -0.2) is 29.8 Å². The van der Waals surface area contributed by atoms with Crippen LogP contribution in [0.15, 0.2) is 18.2 Å². The maximum absolute atomic E-state index is 13.3. The lowest BCUT2D eigenvalue weighted by molar-refractivity contribution is -0.136. The van der Waals surface area contributed by atoms with Gasteiger partial charge in [-0.3, -0.25) is 14.5 Å². The molecule has 1 aromatic carbocycles. The number of imide groups is 1. The molecule has 1 aliphatic rings. The second-order valence-electron chi connectivity index (χ2n) is 3.79. The van der Waals surface area contributed by atoms with Gasteiger partial charge in [-0.15, -0.1) is 0 Å². The Morgan fingerprint density at radius 3 is 2.35 bits per heavy atom. The Hall–Kier alpha value is -1.98. The number of carbonyl (C=O) groups excluding carboxylic acids is 2. The van der Waals surface area contributed by atoms with Crippen molar-refractivity contribution < 1.29 is 18.4 Å². The summed E-state index contributed by atoms with van der Waals surface area (Å²) in [5.74, 6) is -2.44. The summed E-state index contributed by atoms with van der Waals surface area (Å²) in [6.07, 6.45) is -0.0941. The van der Waals surface area contributed by atoms with Crippen molar-refractivity contribution in [3.8, 4) is 0 Å². The third-order valence-electron chi connectivity index (χ3n) is 2.66. The molecule has 90 valence electrons. The largest absolute Gasteiger partial charge is 0.368 e. The van der Waals surface area contributed by atoms with E-state index in [4.69, 9.17) is 0 Å². The van der Waals surface area contributed by atoms with Gasteiger partial charge in [0.1, 0.15) is 23.4 Å². The number of para-hydroxylation sites is 1. The summed E-state index contributed by atoms with van der Waals surface area (Å²) < 4.78 is 26.6. The van der Waals surface area contributed by atoms with Crippen molar-refractivity contribution in [1.29, 1.82) is 0 Å². The lowest BCUT2D eigenvalue weighted by Gasteiger charge is -2.13. The van der Waals surface area contributed by atoms with Crippen LogP contribution in [0.4, 0.5) is 14.5 Å². The zero-order valence-electron chi connectivity index (χ0n) is 9.04. The standard InChI is InChI=1S/C11H10F2N2O2/c1-15-9(16)5-8(11(15)17)14-10-6(12)3-2-4-7(10)13/h2-4,8,14H,5H2,1H3. The number of likely N-dealkylation sites (N-methyl/N-ethyl adjacent to an activating group) is 1. The maximum atomic E-state index is 13.3. The molecule has 0 saturated carbocycles. The van der Waals surface area contributed by atoms with Crippen molar-refractivity contribution in [2.24, 2.45) is 0 Å². The highest BCUT2D eigenvalue weighted by Gasteiger charge is 2.36. The molecule has 0 spiro atoms. The Bertz CT molecular complexity index is 470. The van der Waals surface area contributed by atoms with Crippen molar-refractivity contribution >= 4 is 17.5 Å². The number of nitrogens with zero attached hydrogens (tertiary/aromatic N) is 1. The van der Waals surface area contributed by atoms with Crippen LogP contribution in [0.3, 0.4) is 0 Å². The number of hydrogen-bond donors (Lipinski definition) is 1. The SMILES string of the molecule is CN1C(=O)CC(Nc2c(F)cccc2F)C1=O. The first-order chi connectivity index (χ1) is 8.00. The van der Waals surface area contributed by atoms with Gasteiger partial charge in [0, 0.05) is 7.05 Å². The van der Waals surface area contributed by atoms with Crippen LogP contribution in [-0.2, 0) is 9.59 Å². The summed E-state index contributed by atoms with van der Waals surface area (Å²) in [7, 11) is 1.34. The number of halogens is 2. The molecule has 2 rings (SSSR count). The van der Waals surface area contributed by atoms with E-state index in [0.29, 0.717) is 0 Å². The molecule has 0 radical (unpaired) electrons. The topological polar surface area (TPSA) is 49.4 Å². The fourth-order valence-corrected chi connectivity index (χ4v) is 1.68. The zero-order chi connectivity index (χ0) is 12.6. The number of likely N-dealkylation sites (tertiary alicyclic amines) is 1. The monoisotopic (exact) mass is 240 g/mol. The second kappa shape index (κ2) is 4.12. The predicted octanol–water partition coefficient (Wildman–Crippen LogP) is 1.13. The minimum atomic E-state index is -0.904. The Morgan fingerprint density at radius 2 is 1.88 bits per heavy atom. The van der Waals surface area contributed by atoms with Crippen LogP contribution in [0, 0.1) is 11.6 Å². The second-order valence-corrected chi connectivity index (χ2v) is 3.79. The predicted molar refractivity (Wildman–Crippen MR) is 56.2 cm³/mol. The van der Waals surface area contributed by atoms with Gasteiger partial charge < -0.3 is 5.32 Å². The van der Waals surface area contributed by atoms with Crippen LogP contribution >= 0.6 is 0 Å². The average Bonchev–Trinajstić information content (AvgIpc) is 2.52. The highest BCUT2D eigenvalue weighted by Crippen LogP contribution is 2.22. The lowest BCUT2D eigenvalue weighted by atomic mass is 10.2. The van der Waals surface area contributed by atoms with Crippen LogP contribution < -0.4 is 5.32 Å². The molecule has 1 aliphatic heterocycles. The highest BCUT2D eigenvalue weighted by molar-refractivity contribution is 6.06. The van der Waals surface area contributed by atoms with E-state index in [-0.39, 0.29) is 18.0 Å². The summed E-state index contributed by atoms with van der Waals surface area (Å²) >= 11 is 0. The molecule has 1 heterocycles. The number of anilines is 1. The van der Waals surface area contributed by atoms with E-state index in [1.807, 2.05) is 0 Å². The molecular weight excluding hydrogens is 230 g/mol. The number of carbonyl (C=O) groups is 2. The fourth-order valence-electron chi connectivity index (χ4n) is 1.68. The first kappa shape index (κ1) is 11.5. The normalized spacial score (nSPS) is 19.9. The van der Waals surface area contributed by atoms with Gasteiger partial charge in [0.05, 0.1) is 6.42 Å². The van der Waals surface area contributed by atoms with Gasteiger partial charge >= 0.3 is 0 Å². The molecule has 6 heteroatoms. The van der Waals surface area contributed by atoms with E-state index in [0.717, 1.165) is 17.0 Å². The van der Waals surface area contributed by atoms with Crippen LogP contribution in [0.5, 0.6) is 0 Å². The molecule has 0 aliphatic carbocycles. The molecule has 2 amide bonds. The zero-order valence-corrected chi connectivity index (χ0v) is 9.04. The van der Waals surface area contributed by atoms with Gasteiger partial charge in [-0.2, -0.15) is 0 Å². The number of amides is 2. The number of hydrogen-bond acceptors (Lipinski definition) is 3. The van der Waals surface area contributed by atoms with Gasteiger partial charge in [-0.1, -0.05) is 6.07 Å². The molecule has 1 unspecified atom stereocenters. The summed E-state index contributed by atoms with van der Waals surface area (Å²) in [6.45, 7) is 0. The van der Waals surface area contributed by atoms with E-state index in [1.54, 1.807) is 0 Å². The number of rotatable bonds is 2. The molecule has 1 N–H and O–H groups in total. The molecule has 1 aromatic rings. The van der Waals surface area contributed by atoms with Crippen molar-refractivity contribution in [3.63, 3.8) is 0 Å². The highest BCUT2D eigenvalue weighted by atomic mass is 19.1. The Balaban J connectivity index is 2.23. The summed E-state index contributed by atoms with van der Waals surface area (Å²) in [4.78, 5) is 23.7. The van der Waals surface area contributed by atoms with Crippen LogP contribution in [0.25, 0.3) is 0 Å². The smallest absolute Gasteiger partial charge is 0.251 e. The van der Waals surface area contributed by atoms with Gasteiger partial charge in [0.25, 0.3) is 5.91 Å². The van der Waals surface area contributed by atoms with Crippen molar-refractivity contribution in [2.45, 2.75) is 12.5 Å². The molecule has 4 nitrogen and oxygen atoms in total. The van der Waals surface area contributed by atoms with E-state index in [9.17, 15) is 18.4 Å². The molecular formula is C11H10F2N2O2. The number of benzene rings is 1. The van der Waals surface area contributed by atoms with E-state index in [1.165, 1.54) is 13.1 Å². The molecule has 0 aromatic heterocycles. The Morgan fingerprint density at radius 1 is 1.29 bits per heavy atom. The van der Waals surface area contributed by atoms with Gasteiger partial charge in [0.2, 0.25) is 5.91 Å². The minimum absolute atomic E-state index is 0.0941. The van der Waals surface area contributed by atoms with Crippen molar-refractivity contribution in [3.05, 3.63) is 29.8 Å². The summed E-state index contributed by atoms with van der Waals surface area (Å²) in [6, 6.07) is 2.48. The van der Waals surface area contributed by atoms with Gasteiger partial charge in [0.15, 0.2) is 0 Å². The fraction of sp³-hybridized carbons (Fsp3) is 0.273. The van der Waals surface area contributed by atoms with Crippen molar-refractivity contribution in [1.82, 2.24) is 4.90 Å². The molecule has 1 atom stereocenters. The van der Waals surface area contributed by atoms with Crippen LogP contribution in [0.1, 0.15) is 6.42 Å². The van der Waals surface area contributed by atoms with Crippen LogP contribution in [0.2, 0.25) is 0 Å². The van der Waals surface area contributed by atoms with Gasteiger partial charge in [-0.05, 0) is 12.1 Å². The van der Waals surface area contributed by atoms with E-state index >= 15 is 0 Å². The maximum Gasteiger partial charge on any atom is 0.251 e. The lowest BCUT2D eigenvalue weighted by Crippen LogP contribution is -2.32. The third-order valence-corrected chi connectivity index (χ3v) is 2.66. The average molecular weight is 240 g/mol. The first-order valence-electron chi connectivity index (χ1n) is 5.01. The molecule has 17 heavy (non-hydrogen) atoms. The summed E-state index contributed by atoms with van der Waals surface area (Å²) in [5.41, 5.74) is -0.381. The minimum Gasteiger partial charge on any atom is -0.368 e. The third kappa shape index (κ3) is 1.98. The Kier molecular flexibility index (Phi) is 2.79. The van der Waals surface area contributed by atoms with E-state index in [2.05, 4.69) is 5.32 Å². The van der Waals surface area contributed by atoms with Gasteiger partial charge in [-0.25, -0.2) is 8.78 Å². The summed E-state index contributed by atoms with van der Waals surface area (Å²) in [5, 5.41) is 2.43. The molecule has 1 saturated heterocycles. The Labute approximate surface area is 96.2 Å². The first-order valence-corrected chi connectivity index (χ1v) is 5.01. The van der Waals surface area contributed by atoms with E-state index < -0.39 is 23.6 Å². The molecule has 1 fully saturated rings. The number of nitrogens with one attached hydrogen (secondary N) is 1. The molecule has 0 bridgehead atoms.